The molecule has 2 heterocycles. The van der Waals surface area contributed by atoms with Crippen LogP contribution >= 0.6 is 43.5 Å². The number of hydrogen-bond donors (Lipinski definition) is 1. The Hall–Kier alpha value is -1.12. The van der Waals surface area contributed by atoms with Gasteiger partial charge in [0.05, 0.1) is 18.6 Å². The van der Waals surface area contributed by atoms with Crippen molar-refractivity contribution < 1.29 is 4.79 Å². The minimum Gasteiger partial charge on any atom is -0.303 e. The highest BCUT2D eigenvalue weighted by atomic mass is 79.9. The average Bonchev–Trinajstić information content (AvgIpc) is 2.32. The van der Waals surface area contributed by atoms with Crippen LogP contribution in [0.3, 0.4) is 0 Å². The van der Waals surface area contributed by atoms with Crippen molar-refractivity contribution in [1.29, 1.82) is 0 Å². The molecule has 2 aromatic heterocycles. The molecule has 0 fully saturated rings. The lowest BCUT2D eigenvalue weighted by molar-refractivity contribution is 0.102. The number of aromatic nitrogens is 4. The number of carbonyl (C=O) groups is 1. The second-order valence-electron chi connectivity index (χ2n) is 3.01. The van der Waals surface area contributed by atoms with Crippen molar-refractivity contribution in [3.8, 4) is 0 Å². The monoisotopic (exact) mass is 391 g/mol. The van der Waals surface area contributed by atoms with E-state index in [9.17, 15) is 4.79 Å². The molecule has 0 radical (unpaired) electrons. The molecule has 92 valence electrons. The maximum atomic E-state index is 11.8. The number of halogens is 3. The van der Waals surface area contributed by atoms with Crippen molar-refractivity contribution in [2.24, 2.45) is 0 Å². The Morgan fingerprint density at radius 3 is 2.67 bits per heavy atom. The minimum absolute atomic E-state index is 0.0964. The van der Waals surface area contributed by atoms with E-state index in [2.05, 4.69) is 57.1 Å². The molecule has 0 atom stereocenters. The lowest BCUT2D eigenvalue weighted by Crippen LogP contribution is -2.15. The molecule has 2 rings (SSSR count). The van der Waals surface area contributed by atoms with Gasteiger partial charge in [-0.25, -0.2) is 15.0 Å². The fourth-order valence-corrected chi connectivity index (χ4v) is 2.11. The molecule has 0 bridgehead atoms. The lowest BCUT2D eigenvalue weighted by atomic mass is 10.4. The van der Waals surface area contributed by atoms with E-state index in [-0.39, 0.29) is 16.7 Å². The molecule has 0 aliphatic heterocycles. The predicted octanol–water partition coefficient (Wildman–Crippen LogP) is 2.70. The molecule has 0 aliphatic carbocycles. The smallest absolute Gasteiger partial charge is 0.277 e. The van der Waals surface area contributed by atoms with Crippen LogP contribution in [0.25, 0.3) is 0 Å². The molecule has 1 N–H and O–H groups in total. The van der Waals surface area contributed by atoms with Gasteiger partial charge in [-0.1, -0.05) is 11.6 Å². The fourth-order valence-electron chi connectivity index (χ4n) is 1.05. The van der Waals surface area contributed by atoms with Gasteiger partial charge in [-0.15, -0.1) is 0 Å². The van der Waals surface area contributed by atoms with Crippen LogP contribution < -0.4 is 5.32 Å². The zero-order valence-corrected chi connectivity index (χ0v) is 12.5. The van der Waals surface area contributed by atoms with Gasteiger partial charge < -0.3 is 5.32 Å². The molecule has 0 aromatic carbocycles. The summed E-state index contributed by atoms with van der Waals surface area (Å²) in [6.07, 6.45) is 4.11. The predicted molar refractivity (Wildman–Crippen MR) is 72.4 cm³/mol. The zero-order chi connectivity index (χ0) is 13.1. The average molecular weight is 393 g/mol. The van der Waals surface area contributed by atoms with Gasteiger partial charge in [-0.3, -0.25) is 9.78 Å². The molecular formula is C9H4Br2ClN5O. The summed E-state index contributed by atoms with van der Waals surface area (Å²) >= 11 is 12.0. The van der Waals surface area contributed by atoms with Crippen LogP contribution in [-0.2, 0) is 0 Å². The number of anilines is 1. The van der Waals surface area contributed by atoms with Gasteiger partial charge >= 0.3 is 0 Å². The van der Waals surface area contributed by atoms with Gasteiger partial charge in [-0.2, -0.15) is 0 Å². The van der Waals surface area contributed by atoms with Crippen LogP contribution in [0, 0.1) is 0 Å². The third-order valence-corrected chi connectivity index (χ3v) is 2.89. The number of nitrogens with one attached hydrogen (secondary N) is 1. The standard InChI is InChI=1S/C9H4Br2ClN5O/c10-5-2-14-8(7(11)16-5)17-9(18)4-1-13-3-6(12)15-4/h1-3H,(H,14,17,18). The first-order valence-electron chi connectivity index (χ1n) is 4.53. The van der Waals surface area contributed by atoms with Crippen molar-refractivity contribution >= 4 is 55.2 Å². The first-order valence-corrected chi connectivity index (χ1v) is 6.49. The van der Waals surface area contributed by atoms with Gasteiger partial charge in [-0.05, 0) is 31.9 Å². The van der Waals surface area contributed by atoms with Gasteiger partial charge in [0.1, 0.15) is 20.1 Å². The minimum atomic E-state index is -0.470. The Morgan fingerprint density at radius 2 is 2.00 bits per heavy atom. The van der Waals surface area contributed by atoms with Crippen molar-refractivity contribution in [3.05, 3.63) is 38.6 Å². The third kappa shape index (κ3) is 3.21. The highest BCUT2D eigenvalue weighted by Crippen LogP contribution is 2.19. The first-order chi connectivity index (χ1) is 8.56. The first kappa shape index (κ1) is 13.3. The Labute approximate surface area is 123 Å². The number of rotatable bonds is 2. The molecule has 0 saturated heterocycles. The number of amides is 1. The van der Waals surface area contributed by atoms with Gasteiger partial charge in [0.2, 0.25) is 0 Å². The van der Waals surface area contributed by atoms with Crippen LogP contribution in [0.15, 0.2) is 27.8 Å². The number of nitrogens with zero attached hydrogens (tertiary/aromatic N) is 4. The van der Waals surface area contributed by atoms with Crippen LogP contribution in [0.5, 0.6) is 0 Å². The summed E-state index contributed by atoms with van der Waals surface area (Å²) in [5.41, 5.74) is 0.0964. The summed E-state index contributed by atoms with van der Waals surface area (Å²) in [5, 5.41) is 2.68. The molecule has 9 heteroatoms. The highest BCUT2D eigenvalue weighted by Gasteiger charge is 2.12. The van der Waals surface area contributed by atoms with E-state index in [1.54, 1.807) is 0 Å². The SMILES string of the molecule is O=C(Nc1ncc(Br)nc1Br)c1cncc(Cl)n1. The fraction of sp³-hybridized carbons (Fsp3) is 0. The van der Waals surface area contributed by atoms with Crippen molar-refractivity contribution in [2.45, 2.75) is 0 Å². The van der Waals surface area contributed by atoms with E-state index in [0.29, 0.717) is 9.21 Å². The van der Waals surface area contributed by atoms with E-state index < -0.39 is 5.91 Å². The number of hydrogen-bond acceptors (Lipinski definition) is 5. The van der Waals surface area contributed by atoms with Crippen molar-refractivity contribution in [2.75, 3.05) is 5.32 Å². The molecule has 1 amide bonds. The second-order valence-corrected chi connectivity index (χ2v) is 4.96. The summed E-state index contributed by atoms with van der Waals surface area (Å²) in [7, 11) is 0. The maximum absolute atomic E-state index is 11.8. The van der Waals surface area contributed by atoms with E-state index in [0.717, 1.165) is 0 Å². The normalized spacial score (nSPS) is 10.2. The molecule has 0 spiro atoms. The Balaban J connectivity index is 2.21. The molecule has 0 unspecified atom stereocenters. The Bertz CT molecular complexity index is 609. The Morgan fingerprint density at radius 1 is 1.22 bits per heavy atom. The van der Waals surface area contributed by atoms with E-state index in [4.69, 9.17) is 11.6 Å². The summed E-state index contributed by atoms with van der Waals surface area (Å²) in [6, 6.07) is 0. The van der Waals surface area contributed by atoms with Crippen LogP contribution in [0.4, 0.5) is 5.82 Å². The van der Waals surface area contributed by atoms with E-state index >= 15 is 0 Å². The van der Waals surface area contributed by atoms with E-state index in [1.165, 1.54) is 18.6 Å². The lowest BCUT2D eigenvalue weighted by Gasteiger charge is -2.05. The zero-order valence-electron chi connectivity index (χ0n) is 8.56. The Kier molecular flexibility index (Phi) is 4.20. The van der Waals surface area contributed by atoms with Crippen molar-refractivity contribution in [1.82, 2.24) is 19.9 Å². The quantitative estimate of drug-likeness (QED) is 0.849. The second kappa shape index (κ2) is 5.68. The highest BCUT2D eigenvalue weighted by molar-refractivity contribution is 9.11. The maximum Gasteiger partial charge on any atom is 0.277 e. The van der Waals surface area contributed by atoms with Crippen molar-refractivity contribution in [3.63, 3.8) is 0 Å². The summed E-state index contributed by atoms with van der Waals surface area (Å²) < 4.78 is 0.954. The van der Waals surface area contributed by atoms with E-state index in [1.807, 2.05) is 0 Å². The van der Waals surface area contributed by atoms with Crippen LogP contribution in [0.2, 0.25) is 5.15 Å². The molecular weight excluding hydrogens is 389 g/mol. The summed E-state index contributed by atoms with van der Waals surface area (Å²) in [4.78, 5) is 27.5. The largest absolute Gasteiger partial charge is 0.303 e. The summed E-state index contributed by atoms with van der Waals surface area (Å²) in [5.74, 6) is -0.188. The molecule has 0 aliphatic rings. The van der Waals surface area contributed by atoms with Gasteiger partial charge in [0, 0.05) is 0 Å². The number of carbonyl (C=O) groups excluding carboxylic acids is 1. The molecule has 6 nitrogen and oxygen atoms in total. The van der Waals surface area contributed by atoms with Gasteiger partial charge in [0.25, 0.3) is 5.91 Å². The topological polar surface area (TPSA) is 80.7 Å². The molecule has 2 aromatic rings. The summed E-state index contributed by atoms with van der Waals surface area (Å²) in [6.45, 7) is 0. The third-order valence-electron chi connectivity index (χ3n) is 1.77. The van der Waals surface area contributed by atoms with Crippen LogP contribution in [0.1, 0.15) is 10.5 Å². The van der Waals surface area contributed by atoms with Gasteiger partial charge in [0.15, 0.2) is 5.82 Å². The van der Waals surface area contributed by atoms with Crippen LogP contribution in [-0.4, -0.2) is 25.8 Å². The molecule has 18 heavy (non-hydrogen) atoms. The molecule has 0 saturated carbocycles.